The van der Waals surface area contributed by atoms with Crippen molar-refractivity contribution in [3.05, 3.63) is 12.2 Å². The molecule has 0 radical (unpaired) electrons. The summed E-state index contributed by atoms with van der Waals surface area (Å²) in [5, 5.41) is 0. The van der Waals surface area contributed by atoms with Gasteiger partial charge < -0.3 is 14.2 Å². The lowest BCUT2D eigenvalue weighted by Gasteiger charge is -2.51. The monoisotopic (exact) mass is 518 g/mol. The minimum atomic E-state index is -7.06. The van der Waals surface area contributed by atoms with E-state index in [0.29, 0.717) is 6.92 Å². The number of carbonyl (C=O) groups is 2. The van der Waals surface area contributed by atoms with Crippen LogP contribution in [0, 0.1) is 5.92 Å². The highest BCUT2D eigenvalue weighted by molar-refractivity contribution is 5.87. The van der Waals surface area contributed by atoms with Crippen molar-refractivity contribution in [2.45, 2.75) is 62.2 Å². The molecule has 0 aliphatic carbocycles. The van der Waals surface area contributed by atoms with Crippen LogP contribution in [-0.2, 0) is 23.8 Å². The van der Waals surface area contributed by atoms with E-state index < -0.39 is 71.8 Å². The lowest BCUT2D eigenvalue weighted by molar-refractivity contribution is -0.512. The fraction of sp³-hybridized carbons (Fsp3) is 0.733. The van der Waals surface area contributed by atoms with Crippen molar-refractivity contribution in [1.82, 2.24) is 0 Å². The number of halogens is 13. The van der Waals surface area contributed by atoms with Gasteiger partial charge in [0.15, 0.2) is 0 Å². The molecular weight excluding hydrogens is 507 g/mol. The molecule has 4 unspecified atom stereocenters. The van der Waals surface area contributed by atoms with Gasteiger partial charge in [-0.25, -0.2) is 4.79 Å². The summed E-state index contributed by atoms with van der Waals surface area (Å²) in [5.41, 5.74) is -1.04. The van der Waals surface area contributed by atoms with Crippen molar-refractivity contribution < 1.29 is 80.9 Å². The van der Waals surface area contributed by atoms with Crippen LogP contribution >= 0.6 is 0 Å². The largest absolute Gasteiger partial charge is 0.462 e. The molecule has 0 bridgehead atoms. The maximum atomic E-state index is 14.7. The third kappa shape index (κ3) is 4.98. The van der Waals surface area contributed by atoms with Crippen molar-refractivity contribution >= 4 is 11.9 Å². The Morgan fingerprint density at radius 1 is 0.970 bits per heavy atom. The van der Waals surface area contributed by atoms with Crippen LogP contribution in [0.4, 0.5) is 57.1 Å². The summed E-state index contributed by atoms with van der Waals surface area (Å²) in [7, 11) is 0. The molecule has 0 aromatic rings. The molecule has 0 aromatic carbocycles. The number of hydrogen-bond acceptors (Lipinski definition) is 5. The maximum absolute atomic E-state index is 14.7. The van der Waals surface area contributed by atoms with Gasteiger partial charge in [-0.15, -0.1) is 0 Å². The molecule has 0 saturated carbocycles. The zero-order valence-corrected chi connectivity index (χ0v) is 15.9. The van der Waals surface area contributed by atoms with E-state index in [4.69, 9.17) is 0 Å². The Morgan fingerprint density at radius 2 is 1.42 bits per heavy atom. The van der Waals surface area contributed by atoms with E-state index in [1.807, 2.05) is 0 Å². The van der Waals surface area contributed by atoms with Gasteiger partial charge in [0, 0.05) is 5.57 Å². The number of rotatable bonds is 4. The van der Waals surface area contributed by atoms with Crippen molar-refractivity contribution in [2.75, 3.05) is 0 Å². The lowest BCUT2D eigenvalue weighted by Crippen LogP contribution is -2.79. The molecular formula is C15H11F13O5. The van der Waals surface area contributed by atoms with Crippen LogP contribution in [-0.4, -0.2) is 60.3 Å². The highest BCUT2D eigenvalue weighted by Crippen LogP contribution is 2.59. The number of hydrogen-bond donors (Lipinski definition) is 0. The van der Waals surface area contributed by atoms with Crippen LogP contribution in [0.25, 0.3) is 0 Å². The smallest absolute Gasteiger partial charge is 0.446 e. The second-order valence-electron chi connectivity index (χ2n) is 6.70. The molecule has 1 rings (SSSR count). The molecule has 18 heteroatoms. The van der Waals surface area contributed by atoms with Crippen LogP contribution in [0.3, 0.4) is 0 Å². The summed E-state index contributed by atoms with van der Waals surface area (Å²) < 4.78 is 185. The molecule has 1 heterocycles. The molecule has 1 aliphatic rings. The van der Waals surface area contributed by atoms with Crippen molar-refractivity contribution in [2.24, 2.45) is 5.92 Å². The first-order chi connectivity index (χ1) is 14.3. The number of esters is 2. The van der Waals surface area contributed by atoms with Crippen LogP contribution in [0.5, 0.6) is 0 Å². The lowest BCUT2D eigenvalue weighted by atomic mass is 9.88. The Hall–Kier alpha value is -2.27. The highest BCUT2D eigenvalue weighted by Gasteiger charge is 2.89. The van der Waals surface area contributed by atoms with E-state index in [1.54, 1.807) is 0 Å². The van der Waals surface area contributed by atoms with E-state index in [9.17, 15) is 66.7 Å². The molecule has 0 spiro atoms. The van der Waals surface area contributed by atoms with Crippen LogP contribution in [0.1, 0.15) is 13.8 Å². The first kappa shape index (κ1) is 28.8. The third-order valence-electron chi connectivity index (χ3n) is 4.08. The van der Waals surface area contributed by atoms with Crippen molar-refractivity contribution in [3.8, 4) is 0 Å². The second-order valence-corrected chi connectivity index (χ2v) is 6.70. The van der Waals surface area contributed by atoms with Gasteiger partial charge in [-0.1, -0.05) is 6.58 Å². The molecule has 33 heavy (non-hydrogen) atoms. The SMILES string of the molecule is C=C(C)C(=O)OC1C(F)(F)C(C(F)(F)F)OC(OC(=O)C(C)C(F)(F)F)(C(F)(F)F)C1(F)F. The maximum Gasteiger partial charge on any atom is 0.462 e. The molecule has 1 saturated heterocycles. The first-order valence-corrected chi connectivity index (χ1v) is 8.07. The van der Waals surface area contributed by atoms with E-state index in [-0.39, 0.29) is 6.92 Å². The highest BCUT2D eigenvalue weighted by atomic mass is 19.4. The predicted molar refractivity (Wildman–Crippen MR) is 75.6 cm³/mol. The topological polar surface area (TPSA) is 61.8 Å². The van der Waals surface area contributed by atoms with E-state index in [0.717, 1.165) is 0 Å². The Kier molecular flexibility index (Phi) is 7.14. The first-order valence-electron chi connectivity index (χ1n) is 8.07. The van der Waals surface area contributed by atoms with Gasteiger partial charge in [-0.05, 0) is 13.8 Å². The molecule has 0 aromatic heterocycles. The zero-order valence-electron chi connectivity index (χ0n) is 15.9. The average Bonchev–Trinajstić information content (AvgIpc) is 2.56. The molecule has 5 nitrogen and oxygen atoms in total. The van der Waals surface area contributed by atoms with E-state index in [2.05, 4.69) is 20.8 Å². The summed E-state index contributed by atoms with van der Waals surface area (Å²) in [6.45, 7) is 3.08. The van der Waals surface area contributed by atoms with E-state index >= 15 is 0 Å². The number of alkyl halides is 13. The van der Waals surface area contributed by atoms with Gasteiger partial charge in [-0.2, -0.15) is 57.1 Å². The third-order valence-corrected chi connectivity index (χ3v) is 4.08. The van der Waals surface area contributed by atoms with Gasteiger partial charge in [0.25, 0.3) is 0 Å². The molecule has 1 aliphatic heterocycles. The van der Waals surface area contributed by atoms with Gasteiger partial charge >= 0.3 is 48.1 Å². The quantitative estimate of drug-likeness (QED) is 0.307. The summed E-state index contributed by atoms with van der Waals surface area (Å²) in [4.78, 5) is 22.9. The molecule has 4 atom stereocenters. The molecule has 192 valence electrons. The average molecular weight is 518 g/mol. The Morgan fingerprint density at radius 3 is 1.76 bits per heavy atom. The zero-order chi connectivity index (χ0) is 26.6. The summed E-state index contributed by atoms with van der Waals surface area (Å²) >= 11 is 0. The van der Waals surface area contributed by atoms with Gasteiger partial charge in [0.1, 0.15) is 5.92 Å². The standard InChI is InChI=1S/C15H11F13O5/c1-4(2)6(29)31-8-10(16,17)9(13(23,24)25)33-14(11(8,18)19,15(26,27)28)32-7(30)5(3)12(20,21)22/h5,8-9H,1H2,2-3H3. The van der Waals surface area contributed by atoms with Gasteiger partial charge in [0.2, 0.25) is 12.2 Å². The van der Waals surface area contributed by atoms with Crippen LogP contribution < -0.4 is 0 Å². The number of carbonyl (C=O) groups excluding carboxylic acids is 2. The fourth-order valence-electron chi connectivity index (χ4n) is 2.29. The Labute approximate surface area is 174 Å². The Bertz CT molecular complexity index is 797. The molecule has 0 N–H and O–H groups in total. The number of ether oxygens (including phenoxy) is 3. The summed E-state index contributed by atoms with van der Waals surface area (Å²) in [6, 6.07) is 0. The molecule has 1 fully saturated rings. The van der Waals surface area contributed by atoms with Gasteiger partial charge in [0.05, 0.1) is 0 Å². The van der Waals surface area contributed by atoms with Crippen LogP contribution in [0.15, 0.2) is 12.2 Å². The predicted octanol–water partition coefficient (Wildman–Crippen LogP) is 4.71. The minimum absolute atomic E-state index is 0.220. The van der Waals surface area contributed by atoms with Crippen LogP contribution in [0.2, 0.25) is 0 Å². The normalized spacial score (nSPS) is 28.6. The second kappa shape index (κ2) is 8.19. The molecule has 0 amide bonds. The van der Waals surface area contributed by atoms with E-state index in [1.165, 1.54) is 0 Å². The van der Waals surface area contributed by atoms with Gasteiger partial charge in [-0.3, -0.25) is 4.79 Å². The summed E-state index contributed by atoms with van der Waals surface area (Å²) in [5.74, 6) is -28.4. The fourth-order valence-corrected chi connectivity index (χ4v) is 2.29. The minimum Gasteiger partial charge on any atom is -0.446 e. The van der Waals surface area contributed by atoms with Crippen molar-refractivity contribution in [3.63, 3.8) is 0 Å². The summed E-state index contributed by atoms with van der Waals surface area (Å²) in [6.07, 6.45) is -29.6. The Balaban J connectivity index is 3.87. The van der Waals surface area contributed by atoms with Crippen molar-refractivity contribution in [1.29, 1.82) is 0 Å².